The van der Waals surface area contributed by atoms with Crippen LogP contribution in [0.1, 0.15) is 37.0 Å². The molecule has 7 nitrogen and oxygen atoms in total. The van der Waals surface area contributed by atoms with Gasteiger partial charge in [0.05, 0.1) is 10.6 Å². The molecule has 10 heteroatoms. The van der Waals surface area contributed by atoms with Crippen molar-refractivity contribution in [3.63, 3.8) is 0 Å². The Morgan fingerprint density at radius 3 is 2.16 bits per heavy atom. The largest absolute Gasteiger partial charge is 0.352 e. The van der Waals surface area contributed by atoms with Gasteiger partial charge in [-0.25, -0.2) is 12.8 Å². The van der Waals surface area contributed by atoms with Crippen LogP contribution >= 0.6 is 11.6 Å². The van der Waals surface area contributed by atoms with Crippen LogP contribution in [0.3, 0.4) is 0 Å². The van der Waals surface area contributed by atoms with Crippen LogP contribution in [0.15, 0.2) is 108 Å². The summed E-state index contributed by atoms with van der Waals surface area (Å²) in [4.78, 5) is 29.6. The maximum atomic E-state index is 15.2. The molecule has 0 bridgehead atoms. The van der Waals surface area contributed by atoms with Crippen molar-refractivity contribution in [1.82, 2.24) is 10.2 Å². The molecule has 0 aliphatic heterocycles. The van der Waals surface area contributed by atoms with Crippen molar-refractivity contribution in [2.45, 2.75) is 57.1 Å². The van der Waals surface area contributed by atoms with Crippen molar-refractivity contribution in [1.29, 1.82) is 0 Å². The third-order valence-corrected chi connectivity index (χ3v) is 9.72. The summed E-state index contributed by atoms with van der Waals surface area (Å²) in [6.45, 7) is 4.78. The van der Waals surface area contributed by atoms with Gasteiger partial charge in [0.1, 0.15) is 18.4 Å². The van der Waals surface area contributed by atoms with Crippen LogP contribution in [0.5, 0.6) is 0 Å². The van der Waals surface area contributed by atoms with Gasteiger partial charge in [0.25, 0.3) is 10.0 Å². The zero-order valence-electron chi connectivity index (χ0n) is 25.5. The quantitative estimate of drug-likeness (QED) is 0.178. The SMILES string of the molecule is CC[C@@H](C)NC(=O)[C@H](Cc1ccccc1)N(Cc1ccccc1Cl)C(=O)CN(c1ccccc1F)S(=O)(=O)c1ccc(C)cc1. The maximum absolute atomic E-state index is 15.2. The van der Waals surface area contributed by atoms with E-state index in [1.165, 1.54) is 35.2 Å². The number of halogens is 2. The fraction of sp³-hybridized carbons (Fsp3) is 0.257. The zero-order chi connectivity index (χ0) is 32.6. The molecule has 2 atom stereocenters. The Hall–Kier alpha value is -4.21. The van der Waals surface area contributed by atoms with Gasteiger partial charge in [-0.1, -0.05) is 96.9 Å². The molecule has 2 amide bonds. The minimum absolute atomic E-state index is 0.0837. The highest BCUT2D eigenvalue weighted by Gasteiger charge is 2.36. The number of carbonyl (C=O) groups is 2. The van der Waals surface area contributed by atoms with Crippen LogP contribution in [0.4, 0.5) is 10.1 Å². The van der Waals surface area contributed by atoms with E-state index in [2.05, 4.69) is 5.32 Å². The molecule has 0 fully saturated rings. The lowest BCUT2D eigenvalue weighted by atomic mass is 10.0. The molecule has 1 N–H and O–H groups in total. The fourth-order valence-electron chi connectivity index (χ4n) is 4.81. The van der Waals surface area contributed by atoms with Crippen molar-refractivity contribution >= 4 is 39.1 Å². The van der Waals surface area contributed by atoms with E-state index < -0.39 is 40.2 Å². The summed E-state index contributed by atoms with van der Waals surface area (Å²) in [5.74, 6) is -1.91. The molecule has 236 valence electrons. The number of hydrogen-bond acceptors (Lipinski definition) is 4. The molecule has 0 saturated heterocycles. The fourth-order valence-corrected chi connectivity index (χ4v) is 6.43. The van der Waals surface area contributed by atoms with E-state index in [-0.39, 0.29) is 29.6 Å². The van der Waals surface area contributed by atoms with Crippen LogP contribution in [0, 0.1) is 12.7 Å². The Labute approximate surface area is 269 Å². The number of benzene rings is 4. The Kier molecular flexibility index (Phi) is 11.4. The molecule has 0 aromatic heterocycles. The molecule has 4 aromatic carbocycles. The van der Waals surface area contributed by atoms with Crippen LogP contribution in [0.2, 0.25) is 5.02 Å². The number of nitrogens with zero attached hydrogens (tertiary/aromatic N) is 2. The van der Waals surface area contributed by atoms with Crippen molar-refractivity contribution in [3.8, 4) is 0 Å². The number of sulfonamides is 1. The first-order valence-electron chi connectivity index (χ1n) is 14.7. The van der Waals surface area contributed by atoms with Crippen LogP contribution in [-0.2, 0) is 32.6 Å². The van der Waals surface area contributed by atoms with Gasteiger partial charge in [0, 0.05) is 24.0 Å². The summed E-state index contributed by atoms with van der Waals surface area (Å²) in [5.41, 5.74) is 1.93. The van der Waals surface area contributed by atoms with E-state index >= 15 is 4.39 Å². The highest BCUT2D eigenvalue weighted by molar-refractivity contribution is 7.92. The Balaban J connectivity index is 1.83. The van der Waals surface area contributed by atoms with Gasteiger partial charge >= 0.3 is 0 Å². The molecule has 0 radical (unpaired) electrons. The summed E-state index contributed by atoms with van der Waals surface area (Å²) in [5, 5.41) is 3.37. The molecule has 0 saturated carbocycles. The maximum Gasteiger partial charge on any atom is 0.264 e. The van der Waals surface area contributed by atoms with Gasteiger partial charge < -0.3 is 10.2 Å². The standard InChI is InChI=1S/C35H37ClFN3O4S/c1-4-26(3)38-35(42)33(22-27-12-6-5-7-13-27)39(23-28-14-8-9-15-30(28)36)34(41)24-40(32-17-11-10-16-31(32)37)45(43,44)29-20-18-25(2)19-21-29/h5-21,26,33H,4,22-24H2,1-3H3,(H,38,42)/t26-,33+/m1/s1. The minimum atomic E-state index is -4.41. The predicted molar refractivity (Wildman–Crippen MR) is 176 cm³/mol. The lowest BCUT2D eigenvalue weighted by molar-refractivity contribution is -0.140. The number of anilines is 1. The second kappa shape index (κ2) is 15.2. The Morgan fingerprint density at radius 1 is 0.889 bits per heavy atom. The average Bonchev–Trinajstić information content (AvgIpc) is 3.03. The Bertz CT molecular complexity index is 1720. The summed E-state index contributed by atoms with van der Waals surface area (Å²) in [7, 11) is -4.41. The number of rotatable bonds is 13. The number of aryl methyl sites for hydroxylation is 1. The lowest BCUT2D eigenvalue weighted by Gasteiger charge is -2.34. The molecule has 45 heavy (non-hydrogen) atoms. The minimum Gasteiger partial charge on any atom is -0.352 e. The van der Waals surface area contributed by atoms with Gasteiger partial charge in [-0.2, -0.15) is 0 Å². The normalized spacial score (nSPS) is 12.6. The van der Waals surface area contributed by atoms with Crippen LogP contribution < -0.4 is 9.62 Å². The van der Waals surface area contributed by atoms with E-state index in [1.54, 1.807) is 36.4 Å². The average molecular weight is 650 g/mol. The van der Waals surface area contributed by atoms with E-state index in [1.807, 2.05) is 51.1 Å². The predicted octanol–water partition coefficient (Wildman–Crippen LogP) is 6.54. The molecule has 0 aliphatic rings. The second-order valence-corrected chi connectivity index (χ2v) is 13.2. The van der Waals surface area contributed by atoms with Gasteiger partial charge in [-0.15, -0.1) is 0 Å². The van der Waals surface area contributed by atoms with Gasteiger partial charge in [0.15, 0.2) is 0 Å². The lowest BCUT2D eigenvalue weighted by Crippen LogP contribution is -2.54. The summed E-state index contributed by atoms with van der Waals surface area (Å²) in [6, 6.07) is 26.5. The van der Waals surface area contributed by atoms with Crippen molar-refractivity contribution in [3.05, 3.63) is 131 Å². The summed E-state index contributed by atoms with van der Waals surface area (Å²) in [6.07, 6.45) is 0.821. The van der Waals surface area contributed by atoms with Crippen LogP contribution in [0.25, 0.3) is 0 Å². The molecular formula is C35H37ClFN3O4S. The van der Waals surface area contributed by atoms with Crippen molar-refractivity contribution < 1.29 is 22.4 Å². The Morgan fingerprint density at radius 2 is 1.51 bits per heavy atom. The van der Waals surface area contributed by atoms with E-state index in [0.29, 0.717) is 17.0 Å². The number of nitrogens with one attached hydrogen (secondary N) is 1. The van der Waals surface area contributed by atoms with Gasteiger partial charge in [0.2, 0.25) is 11.8 Å². The first-order valence-corrected chi connectivity index (χ1v) is 16.5. The first kappa shape index (κ1) is 33.7. The number of hydrogen-bond donors (Lipinski definition) is 1. The first-order chi connectivity index (χ1) is 21.5. The second-order valence-electron chi connectivity index (χ2n) is 10.9. The molecule has 0 unspecified atom stereocenters. The van der Waals surface area contributed by atoms with Crippen molar-refractivity contribution in [2.24, 2.45) is 0 Å². The van der Waals surface area contributed by atoms with Gasteiger partial charge in [-0.3, -0.25) is 13.9 Å². The third-order valence-electron chi connectivity index (χ3n) is 7.58. The van der Waals surface area contributed by atoms with Crippen LogP contribution in [-0.4, -0.2) is 43.8 Å². The molecule has 0 aliphatic carbocycles. The molecule has 4 aromatic rings. The monoisotopic (exact) mass is 649 g/mol. The number of carbonyl (C=O) groups excluding carboxylic acids is 2. The highest BCUT2D eigenvalue weighted by Crippen LogP contribution is 2.28. The summed E-state index contributed by atoms with van der Waals surface area (Å²) < 4.78 is 44.1. The number of para-hydroxylation sites is 1. The molecule has 4 rings (SSSR count). The van der Waals surface area contributed by atoms with E-state index in [4.69, 9.17) is 11.6 Å². The van der Waals surface area contributed by atoms with Crippen molar-refractivity contribution in [2.75, 3.05) is 10.8 Å². The molecule has 0 spiro atoms. The third kappa shape index (κ3) is 8.49. The van der Waals surface area contributed by atoms with E-state index in [0.717, 1.165) is 21.5 Å². The topological polar surface area (TPSA) is 86.8 Å². The van der Waals surface area contributed by atoms with E-state index in [9.17, 15) is 18.0 Å². The smallest absolute Gasteiger partial charge is 0.264 e. The molecule has 0 heterocycles. The summed E-state index contributed by atoms with van der Waals surface area (Å²) >= 11 is 6.52. The highest BCUT2D eigenvalue weighted by atomic mass is 35.5. The number of amides is 2. The molecular weight excluding hydrogens is 613 g/mol. The zero-order valence-corrected chi connectivity index (χ0v) is 27.1. The van der Waals surface area contributed by atoms with Gasteiger partial charge in [-0.05, 0) is 61.7 Å².